The third-order valence-electron chi connectivity index (χ3n) is 2.31. The molecule has 0 saturated heterocycles. The molecule has 1 aromatic rings. The van der Waals surface area contributed by atoms with Crippen molar-refractivity contribution >= 4 is 24.0 Å². The molecule has 5 heteroatoms. The number of amides is 1. The van der Waals surface area contributed by atoms with E-state index in [0.717, 1.165) is 11.4 Å². The molecular weight excluding hydrogens is 264 g/mol. The van der Waals surface area contributed by atoms with E-state index in [1.165, 1.54) is 0 Å². The Balaban J connectivity index is 0.00000324. The number of nitrogens with one attached hydrogen (secondary N) is 1. The maximum Gasteiger partial charge on any atom is 0.224 e. The number of nitrogens with two attached hydrogens (primary N) is 1. The molecule has 0 radical (unpaired) electrons. The van der Waals surface area contributed by atoms with Gasteiger partial charge in [-0.25, -0.2) is 0 Å². The molecule has 19 heavy (non-hydrogen) atoms. The number of benzene rings is 1. The lowest BCUT2D eigenvalue weighted by molar-refractivity contribution is -0.116. The van der Waals surface area contributed by atoms with E-state index in [-0.39, 0.29) is 18.3 Å². The molecular formula is C14H23ClN2O2. The van der Waals surface area contributed by atoms with Crippen molar-refractivity contribution in [3.8, 4) is 5.75 Å². The molecule has 0 spiro atoms. The first-order chi connectivity index (χ1) is 8.61. The molecule has 0 unspecified atom stereocenters. The minimum absolute atomic E-state index is 0. The van der Waals surface area contributed by atoms with E-state index < -0.39 is 0 Å². The van der Waals surface area contributed by atoms with E-state index in [0.29, 0.717) is 31.9 Å². The Morgan fingerprint density at radius 2 is 2.16 bits per heavy atom. The lowest BCUT2D eigenvalue weighted by atomic mass is 10.2. The zero-order valence-corrected chi connectivity index (χ0v) is 12.3. The summed E-state index contributed by atoms with van der Waals surface area (Å²) in [4.78, 5) is 11.5. The number of carbonyl (C=O) groups excluding carboxylic acids is 1. The molecule has 1 amide bonds. The molecule has 4 nitrogen and oxygen atoms in total. The van der Waals surface area contributed by atoms with Crippen LogP contribution in [0.2, 0.25) is 0 Å². The topological polar surface area (TPSA) is 64.3 Å². The first-order valence-corrected chi connectivity index (χ1v) is 6.34. The summed E-state index contributed by atoms with van der Waals surface area (Å²) in [5.41, 5.74) is 6.12. The summed E-state index contributed by atoms with van der Waals surface area (Å²) >= 11 is 0. The van der Waals surface area contributed by atoms with Gasteiger partial charge in [0.1, 0.15) is 5.75 Å². The molecule has 0 aliphatic heterocycles. The van der Waals surface area contributed by atoms with Crippen LogP contribution in [0, 0.1) is 5.92 Å². The average molecular weight is 287 g/mol. The Bertz CT molecular complexity index is 383. The summed E-state index contributed by atoms with van der Waals surface area (Å²) in [7, 11) is 0. The van der Waals surface area contributed by atoms with Gasteiger partial charge < -0.3 is 15.8 Å². The van der Waals surface area contributed by atoms with Crippen LogP contribution >= 0.6 is 12.4 Å². The van der Waals surface area contributed by atoms with Gasteiger partial charge in [0, 0.05) is 18.2 Å². The van der Waals surface area contributed by atoms with E-state index >= 15 is 0 Å². The van der Waals surface area contributed by atoms with Crippen LogP contribution in [0.3, 0.4) is 0 Å². The monoisotopic (exact) mass is 286 g/mol. The standard InChI is InChI=1S/C14H22N2O2.ClH/c1-11(2)10-18-13-6-3-5-12(9-13)16-14(17)7-4-8-15;/h3,5-6,9,11H,4,7-8,10,15H2,1-2H3,(H,16,17);1H. The summed E-state index contributed by atoms with van der Waals surface area (Å²) in [6.45, 7) is 5.40. The maximum atomic E-state index is 11.5. The number of carbonyl (C=O) groups is 1. The largest absolute Gasteiger partial charge is 0.493 e. The molecule has 3 N–H and O–H groups in total. The predicted octanol–water partition coefficient (Wildman–Crippen LogP) is 2.82. The Morgan fingerprint density at radius 3 is 2.79 bits per heavy atom. The molecule has 0 aliphatic rings. The third-order valence-corrected chi connectivity index (χ3v) is 2.31. The van der Waals surface area contributed by atoms with Crippen molar-refractivity contribution in [2.75, 3.05) is 18.5 Å². The summed E-state index contributed by atoms with van der Waals surface area (Å²) in [5, 5.41) is 2.83. The second-order valence-corrected chi connectivity index (χ2v) is 4.67. The molecule has 0 aromatic heterocycles. The summed E-state index contributed by atoms with van der Waals surface area (Å²) < 4.78 is 5.60. The van der Waals surface area contributed by atoms with Crippen LogP contribution in [-0.2, 0) is 4.79 Å². The van der Waals surface area contributed by atoms with Crippen LogP contribution in [0.15, 0.2) is 24.3 Å². The van der Waals surface area contributed by atoms with Crippen molar-refractivity contribution < 1.29 is 9.53 Å². The van der Waals surface area contributed by atoms with Gasteiger partial charge in [0.2, 0.25) is 5.91 Å². The van der Waals surface area contributed by atoms with Gasteiger partial charge in [0.25, 0.3) is 0 Å². The van der Waals surface area contributed by atoms with Crippen LogP contribution in [-0.4, -0.2) is 19.1 Å². The van der Waals surface area contributed by atoms with Gasteiger partial charge in [-0.1, -0.05) is 19.9 Å². The lowest BCUT2D eigenvalue weighted by Gasteiger charge is -2.10. The highest BCUT2D eigenvalue weighted by atomic mass is 35.5. The lowest BCUT2D eigenvalue weighted by Crippen LogP contribution is -2.13. The van der Waals surface area contributed by atoms with Gasteiger partial charge >= 0.3 is 0 Å². The first-order valence-electron chi connectivity index (χ1n) is 6.34. The van der Waals surface area contributed by atoms with Gasteiger partial charge in [0.15, 0.2) is 0 Å². The van der Waals surface area contributed by atoms with Gasteiger partial charge in [0.05, 0.1) is 6.61 Å². The van der Waals surface area contributed by atoms with Gasteiger partial charge in [-0.2, -0.15) is 0 Å². The van der Waals surface area contributed by atoms with E-state index in [2.05, 4.69) is 19.2 Å². The predicted molar refractivity (Wildman–Crippen MR) is 80.9 cm³/mol. The Morgan fingerprint density at radius 1 is 1.42 bits per heavy atom. The van der Waals surface area contributed by atoms with E-state index in [9.17, 15) is 4.79 Å². The fourth-order valence-electron chi connectivity index (χ4n) is 1.41. The van der Waals surface area contributed by atoms with E-state index in [1.54, 1.807) is 0 Å². The average Bonchev–Trinajstić information content (AvgIpc) is 2.34. The number of halogens is 1. The van der Waals surface area contributed by atoms with Crippen LogP contribution in [0.4, 0.5) is 5.69 Å². The fraction of sp³-hybridized carbons (Fsp3) is 0.500. The zero-order chi connectivity index (χ0) is 13.4. The minimum atomic E-state index is -0.0125. The maximum absolute atomic E-state index is 11.5. The molecule has 108 valence electrons. The van der Waals surface area contributed by atoms with Crippen molar-refractivity contribution in [3.63, 3.8) is 0 Å². The molecule has 1 aromatic carbocycles. The van der Waals surface area contributed by atoms with Crippen molar-refractivity contribution in [1.82, 2.24) is 0 Å². The molecule has 0 aliphatic carbocycles. The van der Waals surface area contributed by atoms with Crippen molar-refractivity contribution in [3.05, 3.63) is 24.3 Å². The molecule has 0 atom stereocenters. The second-order valence-electron chi connectivity index (χ2n) is 4.67. The Labute approximate surface area is 121 Å². The molecule has 0 saturated carbocycles. The van der Waals surface area contributed by atoms with Gasteiger partial charge in [-0.05, 0) is 31.0 Å². The third kappa shape index (κ3) is 7.70. The van der Waals surface area contributed by atoms with E-state index in [1.807, 2.05) is 24.3 Å². The number of rotatable bonds is 7. The number of anilines is 1. The highest BCUT2D eigenvalue weighted by molar-refractivity contribution is 5.90. The minimum Gasteiger partial charge on any atom is -0.493 e. The highest BCUT2D eigenvalue weighted by Gasteiger charge is 2.03. The fourth-order valence-corrected chi connectivity index (χ4v) is 1.41. The molecule has 0 heterocycles. The smallest absolute Gasteiger partial charge is 0.224 e. The zero-order valence-electron chi connectivity index (χ0n) is 11.5. The van der Waals surface area contributed by atoms with Crippen LogP contribution < -0.4 is 15.8 Å². The summed E-state index contributed by atoms with van der Waals surface area (Å²) in [5.74, 6) is 1.24. The first kappa shape index (κ1) is 17.7. The molecule has 0 fully saturated rings. The van der Waals surface area contributed by atoms with Gasteiger partial charge in [-0.15, -0.1) is 12.4 Å². The van der Waals surface area contributed by atoms with Gasteiger partial charge in [-0.3, -0.25) is 4.79 Å². The number of hydrogen-bond donors (Lipinski definition) is 2. The van der Waals surface area contributed by atoms with Crippen molar-refractivity contribution in [1.29, 1.82) is 0 Å². The van der Waals surface area contributed by atoms with Crippen LogP contribution in [0.1, 0.15) is 26.7 Å². The molecule has 1 rings (SSSR count). The highest BCUT2D eigenvalue weighted by Crippen LogP contribution is 2.18. The normalized spacial score (nSPS) is 9.89. The Hall–Kier alpha value is -1.26. The van der Waals surface area contributed by atoms with E-state index in [4.69, 9.17) is 10.5 Å². The van der Waals surface area contributed by atoms with Crippen molar-refractivity contribution in [2.24, 2.45) is 11.7 Å². The van der Waals surface area contributed by atoms with Crippen molar-refractivity contribution in [2.45, 2.75) is 26.7 Å². The van der Waals surface area contributed by atoms with Crippen LogP contribution in [0.5, 0.6) is 5.75 Å². The second kappa shape index (κ2) is 9.64. The van der Waals surface area contributed by atoms with Crippen LogP contribution in [0.25, 0.3) is 0 Å². The SMILES string of the molecule is CC(C)COc1cccc(NC(=O)CCCN)c1.Cl. The quantitative estimate of drug-likeness (QED) is 0.810. The number of ether oxygens (including phenoxy) is 1. The summed E-state index contributed by atoms with van der Waals surface area (Å²) in [6.07, 6.45) is 1.16. The summed E-state index contributed by atoms with van der Waals surface area (Å²) in [6, 6.07) is 7.44. The number of hydrogen-bond acceptors (Lipinski definition) is 3. The molecule has 0 bridgehead atoms. The Kier molecular flexibility index (Phi) is 9.00.